The summed E-state index contributed by atoms with van der Waals surface area (Å²) in [4.78, 5) is 0. The number of ether oxygens (including phenoxy) is 2. The Kier molecular flexibility index (Phi) is 7.96. The quantitative estimate of drug-likeness (QED) is 0.512. The Morgan fingerprint density at radius 3 is 2.52 bits per heavy atom. The maximum absolute atomic E-state index is 10.1. The number of allylic oxidation sites excluding steroid dienone is 1. The van der Waals surface area contributed by atoms with Crippen molar-refractivity contribution in [3.8, 4) is 0 Å². The van der Waals surface area contributed by atoms with Gasteiger partial charge in [0.05, 0.1) is 12.7 Å². The Balaban J connectivity index is 1.49. The van der Waals surface area contributed by atoms with Gasteiger partial charge in [-0.2, -0.15) is 0 Å². The van der Waals surface area contributed by atoms with Crippen LogP contribution in [0.2, 0.25) is 0 Å². The molecule has 3 fully saturated rings. The molecule has 0 aromatic heterocycles. The molecule has 3 N–H and O–H groups in total. The lowest BCUT2D eigenvalue weighted by molar-refractivity contribution is -0.293. The molecule has 0 aromatic rings. The molecule has 0 amide bonds. The molecule has 5 heteroatoms. The van der Waals surface area contributed by atoms with Crippen molar-refractivity contribution >= 4 is 0 Å². The second-order valence-electron chi connectivity index (χ2n) is 11.7. The van der Waals surface area contributed by atoms with E-state index in [1.54, 1.807) is 6.92 Å². The normalized spacial score (nSPS) is 44.0. The molecule has 0 radical (unpaired) electrons. The zero-order chi connectivity index (χ0) is 23.0. The summed E-state index contributed by atoms with van der Waals surface area (Å²) in [5.74, 6) is 1.90. The van der Waals surface area contributed by atoms with Crippen LogP contribution in [0.15, 0.2) is 12.2 Å². The lowest BCUT2D eigenvalue weighted by Gasteiger charge is -2.58. The lowest BCUT2D eigenvalue weighted by atomic mass is 9.47. The minimum atomic E-state index is -1.24. The SMILES string of the molecule is C=C1CCC2C(C)(C)CCCC2(C)C1CCC(C)CCOC1OC(C)C(O)C(O)C1O. The third kappa shape index (κ3) is 5.22. The number of aliphatic hydroxyl groups excluding tert-OH is 3. The summed E-state index contributed by atoms with van der Waals surface area (Å²) in [5.41, 5.74) is 2.27. The summed E-state index contributed by atoms with van der Waals surface area (Å²) in [5, 5.41) is 29.8. The molecular formula is C26H46O5. The third-order valence-corrected chi connectivity index (χ3v) is 8.97. The van der Waals surface area contributed by atoms with Crippen LogP contribution in [0.3, 0.4) is 0 Å². The minimum Gasteiger partial charge on any atom is -0.388 e. The molecule has 2 aliphatic carbocycles. The molecule has 0 aromatic carbocycles. The Morgan fingerprint density at radius 2 is 1.81 bits per heavy atom. The van der Waals surface area contributed by atoms with Gasteiger partial charge in [-0.05, 0) is 74.0 Å². The molecule has 1 aliphatic heterocycles. The second-order valence-corrected chi connectivity index (χ2v) is 11.7. The highest BCUT2D eigenvalue weighted by Gasteiger charge is 2.52. The van der Waals surface area contributed by atoms with Crippen LogP contribution in [0.1, 0.15) is 86.0 Å². The zero-order valence-corrected chi connectivity index (χ0v) is 20.3. The highest BCUT2D eigenvalue weighted by molar-refractivity contribution is 5.15. The smallest absolute Gasteiger partial charge is 0.186 e. The highest BCUT2D eigenvalue weighted by Crippen LogP contribution is 2.61. The first-order valence-electron chi connectivity index (χ1n) is 12.5. The Labute approximate surface area is 189 Å². The van der Waals surface area contributed by atoms with Crippen molar-refractivity contribution < 1.29 is 24.8 Å². The van der Waals surface area contributed by atoms with Gasteiger partial charge >= 0.3 is 0 Å². The first kappa shape index (κ1) is 25.2. The molecular weight excluding hydrogens is 392 g/mol. The van der Waals surface area contributed by atoms with Gasteiger partial charge in [-0.25, -0.2) is 0 Å². The minimum absolute atomic E-state index is 0.375. The van der Waals surface area contributed by atoms with Gasteiger partial charge in [0, 0.05) is 0 Å². The van der Waals surface area contributed by atoms with Crippen molar-refractivity contribution in [1.29, 1.82) is 0 Å². The summed E-state index contributed by atoms with van der Waals surface area (Å²) < 4.78 is 11.3. The highest BCUT2D eigenvalue weighted by atomic mass is 16.7. The standard InChI is InChI=1S/C26H46O5/c1-16(12-15-30-24-23(29)22(28)21(27)18(3)31-24)8-10-19-17(2)9-11-20-25(4,5)13-7-14-26(19,20)6/h16,18-24,27-29H,2,7-15H2,1,3-6H3. The van der Waals surface area contributed by atoms with Gasteiger partial charge in [-0.3, -0.25) is 0 Å². The number of hydrogen-bond acceptors (Lipinski definition) is 5. The average Bonchev–Trinajstić information content (AvgIpc) is 2.69. The van der Waals surface area contributed by atoms with E-state index in [4.69, 9.17) is 9.47 Å². The lowest BCUT2D eigenvalue weighted by Crippen LogP contribution is -2.57. The summed E-state index contributed by atoms with van der Waals surface area (Å²) in [6.45, 7) is 16.4. The molecule has 5 nitrogen and oxygen atoms in total. The summed E-state index contributed by atoms with van der Waals surface area (Å²) >= 11 is 0. The molecule has 3 aliphatic rings. The van der Waals surface area contributed by atoms with Gasteiger partial charge in [0.1, 0.15) is 18.3 Å². The molecule has 3 rings (SSSR count). The van der Waals surface area contributed by atoms with Crippen LogP contribution >= 0.6 is 0 Å². The maximum Gasteiger partial charge on any atom is 0.186 e. The van der Waals surface area contributed by atoms with Gasteiger partial charge in [-0.15, -0.1) is 0 Å². The van der Waals surface area contributed by atoms with E-state index in [9.17, 15) is 15.3 Å². The Hall–Kier alpha value is -0.460. The van der Waals surface area contributed by atoms with E-state index >= 15 is 0 Å². The number of hydrogen-bond donors (Lipinski definition) is 3. The third-order valence-electron chi connectivity index (χ3n) is 8.97. The van der Waals surface area contributed by atoms with Gasteiger partial charge in [0.2, 0.25) is 0 Å². The van der Waals surface area contributed by atoms with Crippen LogP contribution in [0.4, 0.5) is 0 Å². The van der Waals surface area contributed by atoms with Gasteiger partial charge < -0.3 is 24.8 Å². The molecule has 180 valence electrons. The van der Waals surface area contributed by atoms with E-state index < -0.39 is 30.7 Å². The molecule has 9 atom stereocenters. The predicted octanol–water partition coefficient (Wildman–Crippen LogP) is 4.44. The van der Waals surface area contributed by atoms with Crippen LogP contribution in [-0.4, -0.2) is 52.6 Å². The van der Waals surface area contributed by atoms with E-state index in [2.05, 4.69) is 34.3 Å². The first-order chi connectivity index (χ1) is 14.5. The maximum atomic E-state index is 10.1. The average molecular weight is 439 g/mol. The molecule has 9 unspecified atom stereocenters. The van der Waals surface area contributed by atoms with Crippen molar-refractivity contribution in [2.24, 2.45) is 28.6 Å². The zero-order valence-electron chi connectivity index (χ0n) is 20.3. The fraction of sp³-hybridized carbons (Fsp3) is 0.923. The van der Waals surface area contributed by atoms with E-state index in [0.717, 1.165) is 18.8 Å². The van der Waals surface area contributed by atoms with E-state index in [1.807, 2.05) is 0 Å². The van der Waals surface area contributed by atoms with Crippen LogP contribution in [0, 0.1) is 28.6 Å². The molecule has 2 saturated carbocycles. The first-order valence-corrected chi connectivity index (χ1v) is 12.5. The van der Waals surface area contributed by atoms with Gasteiger partial charge in [-0.1, -0.05) is 52.7 Å². The van der Waals surface area contributed by atoms with Gasteiger partial charge in [0.25, 0.3) is 0 Å². The molecule has 0 spiro atoms. The van der Waals surface area contributed by atoms with Crippen molar-refractivity contribution in [3.63, 3.8) is 0 Å². The summed E-state index contributed by atoms with van der Waals surface area (Å²) in [7, 11) is 0. The molecule has 31 heavy (non-hydrogen) atoms. The van der Waals surface area contributed by atoms with E-state index in [1.165, 1.54) is 44.1 Å². The number of aliphatic hydroxyl groups is 3. The monoisotopic (exact) mass is 438 g/mol. The van der Waals surface area contributed by atoms with E-state index in [-0.39, 0.29) is 0 Å². The Bertz CT molecular complexity index is 619. The summed E-state index contributed by atoms with van der Waals surface area (Å²) in [6.07, 6.45) is 4.68. The van der Waals surface area contributed by atoms with Gasteiger partial charge in [0.15, 0.2) is 6.29 Å². The van der Waals surface area contributed by atoms with E-state index in [0.29, 0.717) is 29.3 Å². The van der Waals surface area contributed by atoms with Crippen molar-refractivity contribution in [2.75, 3.05) is 6.61 Å². The van der Waals surface area contributed by atoms with Crippen molar-refractivity contribution in [2.45, 2.75) is 117 Å². The Morgan fingerprint density at radius 1 is 1.10 bits per heavy atom. The summed E-state index contributed by atoms with van der Waals surface area (Å²) in [6, 6.07) is 0. The number of fused-ring (bicyclic) bond motifs is 1. The van der Waals surface area contributed by atoms with Crippen molar-refractivity contribution in [3.05, 3.63) is 12.2 Å². The van der Waals surface area contributed by atoms with Crippen LogP contribution in [0.5, 0.6) is 0 Å². The van der Waals surface area contributed by atoms with Crippen LogP contribution in [-0.2, 0) is 9.47 Å². The van der Waals surface area contributed by atoms with Crippen LogP contribution < -0.4 is 0 Å². The molecule has 1 saturated heterocycles. The molecule has 0 bridgehead atoms. The number of rotatable bonds is 7. The predicted molar refractivity (Wildman–Crippen MR) is 122 cm³/mol. The van der Waals surface area contributed by atoms with Crippen molar-refractivity contribution in [1.82, 2.24) is 0 Å². The largest absolute Gasteiger partial charge is 0.388 e. The fourth-order valence-corrected chi connectivity index (χ4v) is 6.94. The molecule has 1 heterocycles. The van der Waals surface area contributed by atoms with Crippen LogP contribution in [0.25, 0.3) is 0 Å². The fourth-order valence-electron chi connectivity index (χ4n) is 6.94. The topological polar surface area (TPSA) is 79.2 Å². The second kappa shape index (κ2) is 9.80.